The van der Waals surface area contributed by atoms with E-state index in [9.17, 15) is 4.79 Å². The molecule has 1 amide bonds. The second kappa shape index (κ2) is 7.86. The van der Waals surface area contributed by atoms with Crippen LogP contribution in [0.1, 0.15) is 41.7 Å². The Morgan fingerprint density at radius 2 is 2.19 bits per heavy atom. The van der Waals surface area contributed by atoms with Crippen LogP contribution >= 0.6 is 0 Å². The summed E-state index contributed by atoms with van der Waals surface area (Å²) >= 11 is 0. The third kappa shape index (κ3) is 3.88. The second-order valence-corrected chi connectivity index (χ2v) is 7.91. The number of hydrogen-bond donors (Lipinski definition) is 1. The van der Waals surface area contributed by atoms with Crippen LogP contribution in [0.3, 0.4) is 0 Å². The minimum atomic E-state index is -0.179. The van der Waals surface area contributed by atoms with Crippen LogP contribution in [0.15, 0.2) is 53.3 Å². The van der Waals surface area contributed by atoms with Crippen LogP contribution in [0.5, 0.6) is 5.75 Å². The number of aromatic nitrogens is 4. The van der Waals surface area contributed by atoms with E-state index in [-0.39, 0.29) is 11.9 Å². The summed E-state index contributed by atoms with van der Waals surface area (Å²) in [6.07, 6.45) is 5.75. The number of carbonyl (C=O) groups excluding carboxylic acids is 1. The van der Waals surface area contributed by atoms with Crippen LogP contribution in [0.2, 0.25) is 0 Å². The van der Waals surface area contributed by atoms with Crippen LogP contribution in [0, 0.1) is 0 Å². The van der Waals surface area contributed by atoms with Gasteiger partial charge in [0.05, 0.1) is 24.6 Å². The number of methoxy groups -OCH3 is 1. The molecule has 1 fully saturated rings. The van der Waals surface area contributed by atoms with Crippen LogP contribution in [-0.2, 0) is 6.54 Å². The number of nitrogens with one attached hydrogen (secondary N) is 1. The first kappa shape index (κ1) is 19.3. The lowest BCUT2D eigenvalue weighted by atomic mass is 10.0. The highest BCUT2D eigenvalue weighted by molar-refractivity contribution is 6.09. The summed E-state index contributed by atoms with van der Waals surface area (Å²) in [4.78, 5) is 18.0. The van der Waals surface area contributed by atoms with Gasteiger partial charge in [0, 0.05) is 35.6 Å². The van der Waals surface area contributed by atoms with Crippen molar-refractivity contribution in [2.75, 3.05) is 7.11 Å². The minimum Gasteiger partial charge on any atom is -0.497 e. The highest BCUT2D eigenvalue weighted by atomic mass is 16.5. The van der Waals surface area contributed by atoms with E-state index in [2.05, 4.69) is 20.6 Å². The molecule has 0 radical (unpaired) electrons. The maximum atomic E-state index is 13.3. The highest BCUT2D eigenvalue weighted by Crippen LogP contribution is 2.41. The van der Waals surface area contributed by atoms with Crippen LogP contribution < -0.4 is 10.1 Å². The fourth-order valence-corrected chi connectivity index (χ4v) is 3.74. The van der Waals surface area contributed by atoms with Gasteiger partial charge in [0.2, 0.25) is 0 Å². The number of ether oxygens (including phenoxy) is 1. The van der Waals surface area contributed by atoms with Gasteiger partial charge in [-0.05, 0) is 44.0 Å². The zero-order valence-electron chi connectivity index (χ0n) is 17.4. The summed E-state index contributed by atoms with van der Waals surface area (Å²) in [5.41, 5.74) is 3.17. The lowest BCUT2D eigenvalue weighted by Crippen LogP contribution is -2.36. The lowest BCUT2D eigenvalue weighted by molar-refractivity contribution is 0.0937. The van der Waals surface area contributed by atoms with Crippen LogP contribution in [0.4, 0.5) is 0 Å². The quantitative estimate of drug-likeness (QED) is 0.492. The zero-order valence-corrected chi connectivity index (χ0v) is 17.4. The third-order valence-corrected chi connectivity index (χ3v) is 5.45. The molecule has 158 valence electrons. The molecule has 31 heavy (non-hydrogen) atoms. The van der Waals surface area contributed by atoms with Crippen molar-refractivity contribution in [2.45, 2.75) is 38.3 Å². The predicted molar refractivity (Wildman–Crippen MR) is 115 cm³/mol. The van der Waals surface area contributed by atoms with E-state index in [4.69, 9.17) is 9.26 Å². The van der Waals surface area contributed by atoms with E-state index in [0.29, 0.717) is 40.6 Å². The Kier molecular flexibility index (Phi) is 4.89. The Hall–Kier alpha value is -3.68. The van der Waals surface area contributed by atoms with E-state index >= 15 is 0 Å². The van der Waals surface area contributed by atoms with Crippen molar-refractivity contribution in [2.24, 2.45) is 0 Å². The summed E-state index contributed by atoms with van der Waals surface area (Å²) in [7, 11) is 1.61. The Labute approximate surface area is 179 Å². The van der Waals surface area contributed by atoms with Gasteiger partial charge in [-0.3, -0.25) is 9.48 Å². The molecule has 1 saturated carbocycles. The fraction of sp³-hybridized carbons (Fsp3) is 0.304. The second-order valence-electron chi connectivity index (χ2n) is 7.91. The third-order valence-electron chi connectivity index (χ3n) is 5.45. The largest absolute Gasteiger partial charge is 0.497 e. The van der Waals surface area contributed by atoms with Gasteiger partial charge in [-0.25, -0.2) is 4.98 Å². The zero-order chi connectivity index (χ0) is 21.4. The predicted octanol–water partition coefficient (Wildman–Crippen LogP) is 3.79. The number of rotatable bonds is 7. The van der Waals surface area contributed by atoms with Crippen molar-refractivity contribution in [3.63, 3.8) is 0 Å². The molecular weight excluding hydrogens is 394 g/mol. The van der Waals surface area contributed by atoms with Crippen molar-refractivity contribution >= 4 is 17.0 Å². The molecule has 0 aliphatic heterocycles. The summed E-state index contributed by atoms with van der Waals surface area (Å²) in [5.74, 6) is 0.902. The van der Waals surface area contributed by atoms with Crippen LogP contribution in [-0.4, -0.2) is 39.0 Å². The highest BCUT2D eigenvalue weighted by Gasteiger charge is 2.29. The van der Waals surface area contributed by atoms with Crippen molar-refractivity contribution in [3.05, 3.63) is 60.0 Å². The van der Waals surface area contributed by atoms with E-state index < -0.39 is 0 Å². The molecule has 1 N–H and O–H groups in total. The Bertz CT molecular complexity index is 1230. The normalized spacial score (nSPS) is 14.5. The minimum absolute atomic E-state index is 0.111. The van der Waals surface area contributed by atoms with Gasteiger partial charge in [0.25, 0.3) is 11.6 Å². The number of pyridine rings is 1. The monoisotopic (exact) mass is 417 g/mol. The first-order valence-corrected chi connectivity index (χ1v) is 10.4. The molecule has 8 heteroatoms. The van der Waals surface area contributed by atoms with E-state index in [0.717, 1.165) is 24.1 Å². The van der Waals surface area contributed by atoms with E-state index in [1.54, 1.807) is 18.0 Å². The molecule has 1 aliphatic carbocycles. The summed E-state index contributed by atoms with van der Waals surface area (Å²) in [6, 6.07) is 11.2. The number of amides is 1. The Morgan fingerprint density at radius 3 is 2.94 bits per heavy atom. The molecule has 1 aromatic carbocycles. The maximum absolute atomic E-state index is 13.3. The molecule has 5 rings (SSSR count). The SMILES string of the molecule is COc1cccc(-c2noc3nc(C4CC4)cc(C(=O)N[C@@H](C)Cn4cccn4)c23)c1. The molecule has 1 aliphatic rings. The molecule has 3 heterocycles. The maximum Gasteiger partial charge on any atom is 0.259 e. The van der Waals surface area contributed by atoms with Gasteiger partial charge in [-0.2, -0.15) is 5.10 Å². The molecule has 0 unspecified atom stereocenters. The number of benzene rings is 1. The molecule has 0 saturated heterocycles. The van der Waals surface area contributed by atoms with Gasteiger partial charge in [0.15, 0.2) is 0 Å². The first-order chi connectivity index (χ1) is 15.1. The molecule has 8 nitrogen and oxygen atoms in total. The molecule has 4 aromatic rings. The van der Waals surface area contributed by atoms with E-state index in [1.807, 2.05) is 49.5 Å². The number of fused-ring (bicyclic) bond motifs is 1. The number of carbonyl (C=O) groups is 1. The molecular formula is C23H23N5O3. The average Bonchev–Trinajstić information content (AvgIpc) is 3.34. The summed E-state index contributed by atoms with van der Waals surface area (Å²) in [6.45, 7) is 2.53. The number of hydrogen-bond acceptors (Lipinski definition) is 6. The lowest BCUT2D eigenvalue weighted by Gasteiger charge is -2.15. The van der Waals surface area contributed by atoms with Crippen molar-refractivity contribution in [3.8, 4) is 17.0 Å². The van der Waals surface area contributed by atoms with E-state index in [1.165, 1.54) is 0 Å². The standard InChI is InChI=1S/C23H23N5O3/c1-14(13-28-10-4-9-24-28)25-22(29)18-12-19(15-7-8-15)26-23-20(18)21(27-31-23)16-5-3-6-17(11-16)30-2/h3-6,9-12,14-15H,7-8,13H2,1-2H3,(H,25,29)/t14-/m0/s1. The van der Waals surface area contributed by atoms with Gasteiger partial charge in [0.1, 0.15) is 11.4 Å². The van der Waals surface area contributed by atoms with Crippen LogP contribution in [0.25, 0.3) is 22.4 Å². The molecule has 1 atom stereocenters. The number of nitrogens with zero attached hydrogens (tertiary/aromatic N) is 4. The topological polar surface area (TPSA) is 95.1 Å². The molecule has 0 spiro atoms. The average molecular weight is 417 g/mol. The first-order valence-electron chi connectivity index (χ1n) is 10.4. The van der Waals surface area contributed by atoms with Gasteiger partial charge >= 0.3 is 0 Å². The summed E-state index contributed by atoms with van der Waals surface area (Å²) < 4.78 is 12.7. The Balaban J connectivity index is 1.54. The van der Waals surface area contributed by atoms with Gasteiger partial charge in [-0.15, -0.1) is 0 Å². The van der Waals surface area contributed by atoms with Gasteiger partial charge < -0.3 is 14.6 Å². The smallest absolute Gasteiger partial charge is 0.259 e. The van der Waals surface area contributed by atoms with Crippen molar-refractivity contribution in [1.82, 2.24) is 25.2 Å². The molecule has 3 aromatic heterocycles. The summed E-state index contributed by atoms with van der Waals surface area (Å²) in [5, 5.41) is 12.2. The van der Waals surface area contributed by atoms with Gasteiger partial charge in [-0.1, -0.05) is 17.3 Å². The Morgan fingerprint density at radius 1 is 1.32 bits per heavy atom. The molecule has 0 bridgehead atoms. The van der Waals surface area contributed by atoms with Crippen molar-refractivity contribution in [1.29, 1.82) is 0 Å². The fourth-order valence-electron chi connectivity index (χ4n) is 3.74. The van der Waals surface area contributed by atoms with Crippen molar-refractivity contribution < 1.29 is 14.1 Å².